The summed E-state index contributed by atoms with van der Waals surface area (Å²) in [6.45, 7) is 8.25. The predicted molar refractivity (Wildman–Crippen MR) is 63.8 cm³/mol. The van der Waals surface area contributed by atoms with E-state index in [0.717, 1.165) is 5.69 Å². The molecule has 0 fully saturated rings. The monoisotopic (exact) mass is 202 g/mol. The molecule has 1 rings (SSSR count). The minimum Gasteiger partial charge on any atom is -0.370 e. The van der Waals surface area contributed by atoms with Gasteiger partial charge in [0.2, 0.25) is 0 Å². The van der Waals surface area contributed by atoms with Crippen molar-refractivity contribution < 1.29 is 0 Å². The van der Waals surface area contributed by atoms with Crippen LogP contribution in [0.4, 0.5) is 5.69 Å². The smallest absolute Gasteiger partial charge is 0.116 e. The molecule has 1 unspecified atom stereocenters. The summed E-state index contributed by atoms with van der Waals surface area (Å²) in [7, 11) is 0. The molecule has 0 radical (unpaired) electrons. The quantitative estimate of drug-likeness (QED) is 0.816. The summed E-state index contributed by atoms with van der Waals surface area (Å²) in [5, 5.41) is 12.2. The lowest BCUT2D eigenvalue weighted by molar-refractivity contribution is 0.609. The summed E-state index contributed by atoms with van der Waals surface area (Å²) in [6, 6.07) is 8.34. The zero-order valence-corrected chi connectivity index (χ0v) is 9.83. The minimum absolute atomic E-state index is 0.118. The van der Waals surface area contributed by atoms with Crippen LogP contribution in [0.5, 0.6) is 0 Å². The molecule has 2 nitrogen and oxygen atoms in total. The third kappa shape index (κ3) is 2.99. The zero-order valence-electron chi connectivity index (χ0n) is 9.83. The van der Waals surface area contributed by atoms with Crippen molar-refractivity contribution in [1.82, 2.24) is 0 Å². The fourth-order valence-electron chi connectivity index (χ4n) is 1.36. The topological polar surface area (TPSA) is 35.8 Å². The van der Waals surface area contributed by atoms with E-state index in [1.807, 2.05) is 19.9 Å². The highest BCUT2D eigenvalue weighted by Gasteiger charge is 2.11. The van der Waals surface area contributed by atoms with Gasteiger partial charge in [0.15, 0.2) is 0 Å². The molecule has 0 aliphatic heterocycles. The lowest BCUT2D eigenvalue weighted by atomic mass is 10.0. The first-order valence-corrected chi connectivity index (χ1v) is 5.28. The standard InChI is InChI=1S/C13H18N2/c1-9(2)13(8-14)15-12-6-5-10(3)11(4)7-12/h5-7,9,13,15H,1-4H3. The highest BCUT2D eigenvalue weighted by Crippen LogP contribution is 2.16. The van der Waals surface area contributed by atoms with Crippen molar-refractivity contribution in [1.29, 1.82) is 5.26 Å². The first kappa shape index (κ1) is 11.6. The number of aryl methyl sites for hydroxylation is 2. The summed E-state index contributed by atoms with van der Waals surface area (Å²) in [5.41, 5.74) is 3.55. The van der Waals surface area contributed by atoms with Gasteiger partial charge >= 0.3 is 0 Å². The second-order valence-corrected chi connectivity index (χ2v) is 4.29. The molecule has 0 aliphatic rings. The normalized spacial score (nSPS) is 12.3. The molecular weight excluding hydrogens is 184 g/mol. The maximum atomic E-state index is 8.97. The van der Waals surface area contributed by atoms with Crippen molar-refractivity contribution in [2.75, 3.05) is 5.32 Å². The zero-order chi connectivity index (χ0) is 11.4. The van der Waals surface area contributed by atoms with E-state index in [0.29, 0.717) is 5.92 Å². The van der Waals surface area contributed by atoms with Gasteiger partial charge in [-0.2, -0.15) is 5.26 Å². The van der Waals surface area contributed by atoms with Gasteiger partial charge in [-0.1, -0.05) is 19.9 Å². The third-order valence-electron chi connectivity index (χ3n) is 2.63. The van der Waals surface area contributed by atoms with E-state index in [1.54, 1.807) is 0 Å². The summed E-state index contributed by atoms with van der Waals surface area (Å²) in [4.78, 5) is 0. The van der Waals surface area contributed by atoms with Crippen molar-refractivity contribution >= 4 is 5.69 Å². The predicted octanol–water partition coefficient (Wildman–Crippen LogP) is 3.26. The third-order valence-corrected chi connectivity index (χ3v) is 2.63. The molecule has 1 N–H and O–H groups in total. The Morgan fingerprint density at radius 1 is 1.20 bits per heavy atom. The molecule has 0 spiro atoms. The number of nitrogens with one attached hydrogen (secondary N) is 1. The van der Waals surface area contributed by atoms with Gasteiger partial charge in [-0.15, -0.1) is 0 Å². The van der Waals surface area contributed by atoms with E-state index < -0.39 is 0 Å². The van der Waals surface area contributed by atoms with Gasteiger partial charge in [-0.25, -0.2) is 0 Å². The average molecular weight is 202 g/mol. The number of benzene rings is 1. The molecule has 15 heavy (non-hydrogen) atoms. The van der Waals surface area contributed by atoms with Crippen molar-refractivity contribution in [2.24, 2.45) is 5.92 Å². The molecule has 1 aromatic carbocycles. The number of nitriles is 1. The van der Waals surface area contributed by atoms with Crippen LogP contribution < -0.4 is 5.32 Å². The Morgan fingerprint density at radius 2 is 1.87 bits per heavy atom. The fraction of sp³-hybridized carbons (Fsp3) is 0.462. The van der Waals surface area contributed by atoms with Gasteiger partial charge in [0.25, 0.3) is 0 Å². The SMILES string of the molecule is Cc1ccc(NC(C#N)C(C)C)cc1C. The van der Waals surface area contributed by atoms with Gasteiger partial charge < -0.3 is 5.32 Å². The second-order valence-electron chi connectivity index (χ2n) is 4.29. The lowest BCUT2D eigenvalue weighted by Crippen LogP contribution is -2.23. The Hall–Kier alpha value is -1.49. The van der Waals surface area contributed by atoms with E-state index in [2.05, 4.69) is 37.4 Å². The summed E-state index contributed by atoms with van der Waals surface area (Å²) < 4.78 is 0. The van der Waals surface area contributed by atoms with Crippen LogP contribution in [0.15, 0.2) is 18.2 Å². The van der Waals surface area contributed by atoms with Crippen LogP contribution >= 0.6 is 0 Å². The molecule has 0 aliphatic carbocycles. The van der Waals surface area contributed by atoms with Gasteiger partial charge in [-0.05, 0) is 43.0 Å². The highest BCUT2D eigenvalue weighted by atomic mass is 14.9. The molecule has 0 aromatic heterocycles. The van der Waals surface area contributed by atoms with E-state index in [9.17, 15) is 0 Å². The average Bonchev–Trinajstić information content (AvgIpc) is 2.19. The molecule has 0 saturated carbocycles. The van der Waals surface area contributed by atoms with Crippen LogP contribution in [0.2, 0.25) is 0 Å². The molecule has 1 atom stereocenters. The molecule has 1 aromatic rings. The molecule has 80 valence electrons. The van der Waals surface area contributed by atoms with Crippen molar-refractivity contribution in [3.8, 4) is 6.07 Å². The Balaban J connectivity index is 2.81. The summed E-state index contributed by atoms with van der Waals surface area (Å²) in [6.07, 6.45) is 0. The number of anilines is 1. The number of nitrogens with zero attached hydrogens (tertiary/aromatic N) is 1. The van der Waals surface area contributed by atoms with Crippen molar-refractivity contribution in [3.05, 3.63) is 29.3 Å². The maximum Gasteiger partial charge on any atom is 0.116 e. The largest absolute Gasteiger partial charge is 0.370 e. The van der Waals surface area contributed by atoms with Crippen LogP contribution in [0.25, 0.3) is 0 Å². The van der Waals surface area contributed by atoms with E-state index >= 15 is 0 Å². The molecule has 2 heteroatoms. The van der Waals surface area contributed by atoms with E-state index in [4.69, 9.17) is 5.26 Å². The van der Waals surface area contributed by atoms with Crippen LogP contribution in [-0.2, 0) is 0 Å². The Kier molecular flexibility index (Phi) is 3.74. The van der Waals surface area contributed by atoms with E-state index in [-0.39, 0.29) is 6.04 Å². The summed E-state index contributed by atoms with van der Waals surface area (Å²) >= 11 is 0. The number of hydrogen-bond donors (Lipinski definition) is 1. The first-order valence-electron chi connectivity index (χ1n) is 5.28. The van der Waals surface area contributed by atoms with Crippen molar-refractivity contribution in [3.63, 3.8) is 0 Å². The van der Waals surface area contributed by atoms with Gasteiger partial charge in [0, 0.05) is 5.69 Å². The second kappa shape index (κ2) is 4.84. The molecule has 0 bridgehead atoms. The Morgan fingerprint density at radius 3 is 2.33 bits per heavy atom. The van der Waals surface area contributed by atoms with Crippen molar-refractivity contribution in [2.45, 2.75) is 33.7 Å². The van der Waals surface area contributed by atoms with Gasteiger partial charge in [0.1, 0.15) is 6.04 Å². The van der Waals surface area contributed by atoms with Crippen LogP contribution in [0.1, 0.15) is 25.0 Å². The van der Waals surface area contributed by atoms with Gasteiger partial charge in [-0.3, -0.25) is 0 Å². The Labute approximate surface area is 91.9 Å². The van der Waals surface area contributed by atoms with E-state index in [1.165, 1.54) is 11.1 Å². The Bertz CT molecular complexity index is 375. The van der Waals surface area contributed by atoms with Crippen LogP contribution in [-0.4, -0.2) is 6.04 Å². The molecule has 0 amide bonds. The first-order chi connectivity index (χ1) is 7.04. The fourth-order valence-corrected chi connectivity index (χ4v) is 1.36. The molecule has 0 saturated heterocycles. The molecular formula is C13H18N2. The van der Waals surface area contributed by atoms with Crippen LogP contribution in [0, 0.1) is 31.1 Å². The van der Waals surface area contributed by atoms with Crippen LogP contribution in [0.3, 0.4) is 0 Å². The summed E-state index contributed by atoms with van der Waals surface area (Å²) in [5.74, 6) is 0.316. The lowest BCUT2D eigenvalue weighted by Gasteiger charge is -2.16. The highest BCUT2D eigenvalue weighted by molar-refractivity contribution is 5.49. The minimum atomic E-state index is -0.118. The molecule has 0 heterocycles. The number of hydrogen-bond acceptors (Lipinski definition) is 2. The van der Waals surface area contributed by atoms with Gasteiger partial charge in [0.05, 0.1) is 6.07 Å². The maximum absolute atomic E-state index is 8.97. The number of rotatable bonds is 3.